The van der Waals surface area contributed by atoms with E-state index in [2.05, 4.69) is 20.2 Å². The van der Waals surface area contributed by atoms with E-state index in [-0.39, 0.29) is 17.4 Å². The number of anilines is 1. The maximum absolute atomic E-state index is 12.3. The summed E-state index contributed by atoms with van der Waals surface area (Å²) in [5.41, 5.74) is 0.965. The number of nitrogens with one attached hydrogen (secondary N) is 2. The molecule has 2 aromatic rings. The van der Waals surface area contributed by atoms with E-state index in [0.29, 0.717) is 18.2 Å². The summed E-state index contributed by atoms with van der Waals surface area (Å²) in [5, 5.41) is 3.01. The molecule has 1 aromatic heterocycles. The number of carbonyl (C=O) groups is 1. The van der Waals surface area contributed by atoms with Gasteiger partial charge in [-0.2, -0.15) is 0 Å². The highest BCUT2D eigenvalue weighted by atomic mass is 16.2. The van der Waals surface area contributed by atoms with Crippen LogP contribution in [0, 0.1) is 12.8 Å². The van der Waals surface area contributed by atoms with Crippen LogP contribution in [-0.4, -0.2) is 29.0 Å². The zero-order valence-electron chi connectivity index (χ0n) is 13.8. The van der Waals surface area contributed by atoms with E-state index in [4.69, 9.17) is 0 Å². The Morgan fingerprint density at radius 3 is 2.67 bits per heavy atom. The van der Waals surface area contributed by atoms with Crippen LogP contribution >= 0.6 is 0 Å². The summed E-state index contributed by atoms with van der Waals surface area (Å²) in [6, 6.07) is 11.4. The Morgan fingerprint density at radius 2 is 2.00 bits per heavy atom. The molecule has 1 fully saturated rings. The summed E-state index contributed by atoms with van der Waals surface area (Å²) in [6.45, 7) is 3.81. The number of carbonyl (C=O) groups excluding carboxylic acids is 1. The van der Waals surface area contributed by atoms with E-state index >= 15 is 0 Å². The number of hydrogen-bond donors (Lipinski definition) is 2. The number of H-pyrrole nitrogens is 1. The molecule has 2 N–H and O–H groups in total. The van der Waals surface area contributed by atoms with Crippen LogP contribution in [0.1, 0.15) is 24.2 Å². The second kappa shape index (κ2) is 7.29. The average Bonchev–Trinajstić information content (AvgIpc) is 2.60. The number of amides is 1. The molecular formula is C18H22N4O2. The zero-order chi connectivity index (χ0) is 16.9. The van der Waals surface area contributed by atoms with Gasteiger partial charge in [0.2, 0.25) is 5.91 Å². The minimum absolute atomic E-state index is 0.0213. The highest BCUT2D eigenvalue weighted by Crippen LogP contribution is 2.21. The first-order valence-electron chi connectivity index (χ1n) is 8.26. The molecule has 0 spiro atoms. The van der Waals surface area contributed by atoms with Crippen molar-refractivity contribution >= 4 is 11.7 Å². The molecule has 1 amide bonds. The quantitative estimate of drug-likeness (QED) is 0.895. The Bertz CT molecular complexity index is 749. The van der Waals surface area contributed by atoms with Gasteiger partial charge in [0.25, 0.3) is 5.56 Å². The fourth-order valence-corrected chi connectivity index (χ4v) is 3.03. The molecule has 6 nitrogen and oxygen atoms in total. The molecule has 2 heterocycles. The van der Waals surface area contributed by atoms with Gasteiger partial charge < -0.3 is 15.2 Å². The van der Waals surface area contributed by atoms with Crippen molar-refractivity contribution in [3.05, 3.63) is 58.1 Å². The maximum atomic E-state index is 12.3. The van der Waals surface area contributed by atoms with Gasteiger partial charge in [-0.25, -0.2) is 4.98 Å². The first-order chi connectivity index (χ1) is 11.6. The fraction of sp³-hybridized carbons (Fsp3) is 0.389. The molecule has 24 heavy (non-hydrogen) atoms. The molecule has 1 aliphatic rings. The molecule has 0 bridgehead atoms. The van der Waals surface area contributed by atoms with Crippen molar-refractivity contribution in [2.75, 3.05) is 18.0 Å². The lowest BCUT2D eigenvalue weighted by Crippen LogP contribution is -2.41. The van der Waals surface area contributed by atoms with Crippen molar-refractivity contribution in [2.45, 2.75) is 26.3 Å². The van der Waals surface area contributed by atoms with Gasteiger partial charge in [0, 0.05) is 31.6 Å². The lowest BCUT2D eigenvalue weighted by atomic mass is 9.96. The summed E-state index contributed by atoms with van der Waals surface area (Å²) < 4.78 is 0. The molecule has 1 aliphatic heterocycles. The molecule has 3 rings (SSSR count). The van der Waals surface area contributed by atoms with E-state index in [1.54, 1.807) is 6.92 Å². The number of nitrogens with zero attached hydrogens (tertiary/aromatic N) is 2. The minimum Gasteiger partial charge on any atom is -0.356 e. The topological polar surface area (TPSA) is 78.1 Å². The predicted octanol–water partition coefficient (Wildman–Crippen LogP) is 1.61. The molecule has 0 saturated carbocycles. The molecule has 1 aromatic carbocycles. The van der Waals surface area contributed by atoms with E-state index < -0.39 is 0 Å². The Morgan fingerprint density at radius 1 is 1.29 bits per heavy atom. The fourth-order valence-electron chi connectivity index (χ4n) is 3.03. The summed E-state index contributed by atoms with van der Waals surface area (Å²) in [5.74, 6) is 1.43. The lowest BCUT2D eigenvalue weighted by Gasteiger charge is -2.32. The van der Waals surface area contributed by atoms with Crippen molar-refractivity contribution < 1.29 is 4.79 Å². The van der Waals surface area contributed by atoms with Crippen LogP contribution in [0.3, 0.4) is 0 Å². The van der Waals surface area contributed by atoms with Gasteiger partial charge in [-0.1, -0.05) is 30.3 Å². The third-order valence-corrected chi connectivity index (χ3v) is 4.35. The number of aromatic nitrogens is 2. The van der Waals surface area contributed by atoms with E-state index in [1.165, 1.54) is 6.07 Å². The number of rotatable bonds is 4. The molecule has 0 aliphatic carbocycles. The zero-order valence-corrected chi connectivity index (χ0v) is 13.8. The predicted molar refractivity (Wildman–Crippen MR) is 92.8 cm³/mol. The van der Waals surface area contributed by atoms with Crippen LogP contribution in [0.15, 0.2) is 41.2 Å². The van der Waals surface area contributed by atoms with Crippen LogP contribution in [0.5, 0.6) is 0 Å². The summed E-state index contributed by atoms with van der Waals surface area (Å²) >= 11 is 0. The van der Waals surface area contributed by atoms with Gasteiger partial charge in [-0.3, -0.25) is 9.59 Å². The third kappa shape index (κ3) is 4.01. The maximum Gasteiger partial charge on any atom is 0.252 e. The Kier molecular flexibility index (Phi) is 4.93. The third-order valence-electron chi connectivity index (χ3n) is 4.35. The molecule has 0 radical (unpaired) electrons. The SMILES string of the molecule is Cc1nc(N2CCC(C(=O)NCc3ccccc3)CC2)cc(=O)[nH]1. The smallest absolute Gasteiger partial charge is 0.252 e. The number of aromatic amines is 1. The Balaban J connectivity index is 1.53. The van der Waals surface area contributed by atoms with Crippen LogP contribution in [0.4, 0.5) is 5.82 Å². The Hall–Kier alpha value is -2.63. The van der Waals surface area contributed by atoms with Crippen molar-refractivity contribution in [3.63, 3.8) is 0 Å². The van der Waals surface area contributed by atoms with Crippen molar-refractivity contribution in [2.24, 2.45) is 5.92 Å². The molecule has 0 unspecified atom stereocenters. The molecule has 1 saturated heterocycles. The van der Waals surface area contributed by atoms with E-state index in [1.807, 2.05) is 30.3 Å². The molecule has 126 valence electrons. The van der Waals surface area contributed by atoms with Gasteiger partial charge in [0.1, 0.15) is 11.6 Å². The standard InChI is InChI=1S/C18H22N4O2/c1-13-20-16(11-17(23)21-13)22-9-7-15(8-10-22)18(24)19-12-14-5-3-2-4-6-14/h2-6,11,15H,7-10,12H2,1H3,(H,19,24)(H,20,21,23). The monoisotopic (exact) mass is 326 g/mol. The van der Waals surface area contributed by atoms with Gasteiger partial charge >= 0.3 is 0 Å². The van der Waals surface area contributed by atoms with Crippen LogP contribution in [-0.2, 0) is 11.3 Å². The summed E-state index contributed by atoms with van der Waals surface area (Å²) in [7, 11) is 0. The molecule has 0 atom stereocenters. The molecule has 6 heteroatoms. The second-order valence-corrected chi connectivity index (χ2v) is 6.15. The average molecular weight is 326 g/mol. The Labute approximate surface area is 140 Å². The highest BCUT2D eigenvalue weighted by molar-refractivity contribution is 5.78. The van der Waals surface area contributed by atoms with Gasteiger partial charge in [-0.15, -0.1) is 0 Å². The van der Waals surface area contributed by atoms with Crippen molar-refractivity contribution in [1.29, 1.82) is 0 Å². The number of benzene rings is 1. The lowest BCUT2D eigenvalue weighted by molar-refractivity contribution is -0.125. The van der Waals surface area contributed by atoms with Gasteiger partial charge in [0.05, 0.1) is 0 Å². The van der Waals surface area contributed by atoms with Gasteiger partial charge in [0.15, 0.2) is 0 Å². The van der Waals surface area contributed by atoms with Crippen LogP contribution < -0.4 is 15.8 Å². The first-order valence-corrected chi connectivity index (χ1v) is 8.26. The normalized spacial score (nSPS) is 15.3. The molecular weight excluding hydrogens is 304 g/mol. The second-order valence-electron chi connectivity index (χ2n) is 6.15. The van der Waals surface area contributed by atoms with E-state index in [9.17, 15) is 9.59 Å². The van der Waals surface area contributed by atoms with E-state index in [0.717, 1.165) is 31.5 Å². The first kappa shape index (κ1) is 16.2. The van der Waals surface area contributed by atoms with Crippen LogP contribution in [0.25, 0.3) is 0 Å². The summed E-state index contributed by atoms with van der Waals surface area (Å²) in [4.78, 5) is 33.0. The van der Waals surface area contributed by atoms with Crippen LogP contribution in [0.2, 0.25) is 0 Å². The minimum atomic E-state index is -0.139. The van der Waals surface area contributed by atoms with Crippen molar-refractivity contribution in [1.82, 2.24) is 15.3 Å². The number of aryl methyl sites for hydroxylation is 1. The van der Waals surface area contributed by atoms with Crippen molar-refractivity contribution in [3.8, 4) is 0 Å². The number of hydrogen-bond acceptors (Lipinski definition) is 4. The van der Waals surface area contributed by atoms with Gasteiger partial charge in [-0.05, 0) is 25.3 Å². The highest BCUT2D eigenvalue weighted by Gasteiger charge is 2.25. The number of piperidine rings is 1. The summed E-state index contributed by atoms with van der Waals surface area (Å²) in [6.07, 6.45) is 1.54. The largest absolute Gasteiger partial charge is 0.356 e.